The number of benzene rings is 1. The van der Waals surface area contributed by atoms with Crippen LogP contribution in [0, 0.1) is 6.92 Å². The summed E-state index contributed by atoms with van der Waals surface area (Å²) in [6, 6.07) is 6.66. The van der Waals surface area contributed by atoms with E-state index in [9.17, 15) is 4.79 Å². The second kappa shape index (κ2) is 11.6. The molecule has 28 heavy (non-hydrogen) atoms. The van der Waals surface area contributed by atoms with Crippen LogP contribution in [0.25, 0.3) is 0 Å². The molecule has 1 aromatic rings. The molecule has 1 unspecified atom stereocenters. The van der Waals surface area contributed by atoms with Crippen LogP contribution in [0.1, 0.15) is 50.7 Å². The number of nitrogens with one attached hydrogen (secondary N) is 2. The van der Waals surface area contributed by atoms with Gasteiger partial charge in [0.15, 0.2) is 5.96 Å². The zero-order valence-electron chi connectivity index (χ0n) is 17.9. The molecule has 1 aliphatic heterocycles. The number of nitrogens with zero attached hydrogens (tertiary/aromatic N) is 2. The number of rotatable bonds is 8. The van der Waals surface area contributed by atoms with Crippen LogP contribution >= 0.6 is 0 Å². The van der Waals surface area contributed by atoms with E-state index in [2.05, 4.69) is 40.7 Å². The lowest BCUT2D eigenvalue weighted by molar-refractivity contribution is -0.134. The fraction of sp³-hybridized carbons (Fsp3) is 0.636. The Morgan fingerprint density at radius 1 is 1.32 bits per heavy atom. The Bertz CT molecular complexity index is 660. The highest BCUT2D eigenvalue weighted by atomic mass is 16.5. The summed E-state index contributed by atoms with van der Waals surface area (Å²) >= 11 is 0. The van der Waals surface area contributed by atoms with Crippen molar-refractivity contribution in [1.82, 2.24) is 15.5 Å². The molecule has 0 saturated carbocycles. The first-order valence-corrected chi connectivity index (χ1v) is 10.5. The Hall–Kier alpha value is -2.24. The summed E-state index contributed by atoms with van der Waals surface area (Å²) in [5.41, 5.74) is 2.36. The Kier molecular flexibility index (Phi) is 9.11. The van der Waals surface area contributed by atoms with Crippen molar-refractivity contribution in [3.63, 3.8) is 0 Å². The molecule has 6 heteroatoms. The number of carbonyl (C=O) groups is 1. The molecule has 0 aromatic heterocycles. The number of carbonyl (C=O) groups excluding carboxylic acids is 1. The van der Waals surface area contributed by atoms with E-state index in [4.69, 9.17) is 4.74 Å². The molecule has 0 spiro atoms. The van der Waals surface area contributed by atoms with Gasteiger partial charge < -0.3 is 20.3 Å². The molecule has 156 valence electrons. The van der Waals surface area contributed by atoms with Crippen molar-refractivity contribution < 1.29 is 9.53 Å². The molecule has 1 heterocycles. The van der Waals surface area contributed by atoms with Crippen LogP contribution in [0.4, 0.5) is 0 Å². The first-order valence-electron chi connectivity index (χ1n) is 10.5. The SMILES string of the molecule is CCNC(=NCCC(=O)N1CCCCC1C)NCCc1ccc(C)c(OC)c1. The van der Waals surface area contributed by atoms with E-state index in [-0.39, 0.29) is 5.91 Å². The highest BCUT2D eigenvalue weighted by Gasteiger charge is 2.22. The molecule has 0 radical (unpaired) electrons. The van der Waals surface area contributed by atoms with E-state index in [1.807, 2.05) is 18.7 Å². The lowest BCUT2D eigenvalue weighted by atomic mass is 10.0. The number of ether oxygens (including phenoxy) is 1. The van der Waals surface area contributed by atoms with Crippen molar-refractivity contribution in [3.05, 3.63) is 29.3 Å². The number of guanidine groups is 1. The maximum atomic E-state index is 12.4. The fourth-order valence-corrected chi connectivity index (χ4v) is 3.56. The molecule has 6 nitrogen and oxygen atoms in total. The van der Waals surface area contributed by atoms with Crippen molar-refractivity contribution in [2.24, 2.45) is 4.99 Å². The van der Waals surface area contributed by atoms with E-state index in [0.29, 0.717) is 19.0 Å². The lowest BCUT2D eigenvalue weighted by Gasteiger charge is -2.33. The van der Waals surface area contributed by atoms with Crippen molar-refractivity contribution in [1.29, 1.82) is 0 Å². The van der Waals surface area contributed by atoms with Gasteiger partial charge in [-0.2, -0.15) is 0 Å². The third-order valence-corrected chi connectivity index (χ3v) is 5.24. The first-order chi connectivity index (χ1) is 13.5. The van der Waals surface area contributed by atoms with Gasteiger partial charge in [0, 0.05) is 32.1 Å². The number of piperidine rings is 1. The molecule has 1 aliphatic rings. The van der Waals surface area contributed by atoms with Crippen molar-refractivity contribution >= 4 is 11.9 Å². The van der Waals surface area contributed by atoms with Crippen LogP contribution in [0.2, 0.25) is 0 Å². The Morgan fingerprint density at radius 2 is 2.14 bits per heavy atom. The molecule has 1 fully saturated rings. The number of hydrogen-bond acceptors (Lipinski definition) is 3. The summed E-state index contributed by atoms with van der Waals surface area (Å²) in [6.07, 6.45) is 4.81. The normalized spacial score (nSPS) is 17.4. The molecule has 1 atom stereocenters. The van der Waals surface area contributed by atoms with Crippen LogP contribution in [0.15, 0.2) is 23.2 Å². The molecule has 0 aliphatic carbocycles. The van der Waals surface area contributed by atoms with Gasteiger partial charge in [0.25, 0.3) is 0 Å². The molecule has 1 amide bonds. The summed E-state index contributed by atoms with van der Waals surface area (Å²) < 4.78 is 5.39. The third-order valence-electron chi connectivity index (χ3n) is 5.24. The minimum Gasteiger partial charge on any atom is -0.496 e. The van der Waals surface area contributed by atoms with E-state index < -0.39 is 0 Å². The third kappa shape index (κ3) is 6.73. The van der Waals surface area contributed by atoms with Crippen molar-refractivity contribution in [2.75, 3.05) is 33.3 Å². The quantitative estimate of drug-likeness (QED) is 0.531. The van der Waals surface area contributed by atoms with Crippen LogP contribution in [-0.2, 0) is 11.2 Å². The van der Waals surface area contributed by atoms with Gasteiger partial charge in [-0.05, 0) is 63.6 Å². The average molecular weight is 389 g/mol. The number of aryl methyl sites for hydroxylation is 1. The minimum atomic E-state index is 0.221. The molecular formula is C22H36N4O2. The molecule has 2 N–H and O–H groups in total. The van der Waals surface area contributed by atoms with Crippen molar-refractivity contribution in [3.8, 4) is 5.75 Å². The Morgan fingerprint density at radius 3 is 2.86 bits per heavy atom. The van der Waals surface area contributed by atoms with Gasteiger partial charge in [0.2, 0.25) is 5.91 Å². The second-order valence-electron chi connectivity index (χ2n) is 7.42. The fourth-order valence-electron chi connectivity index (χ4n) is 3.56. The van der Waals surface area contributed by atoms with Crippen LogP contribution in [0.3, 0.4) is 0 Å². The van der Waals surface area contributed by atoms with Gasteiger partial charge >= 0.3 is 0 Å². The summed E-state index contributed by atoms with van der Waals surface area (Å²) in [7, 11) is 1.70. The van der Waals surface area contributed by atoms with E-state index in [0.717, 1.165) is 56.2 Å². The highest BCUT2D eigenvalue weighted by Crippen LogP contribution is 2.19. The van der Waals surface area contributed by atoms with Gasteiger partial charge in [0.05, 0.1) is 13.7 Å². The zero-order chi connectivity index (χ0) is 20.4. The summed E-state index contributed by atoms with van der Waals surface area (Å²) in [5, 5.41) is 6.61. The highest BCUT2D eigenvalue weighted by molar-refractivity contribution is 5.81. The Balaban J connectivity index is 1.80. The maximum Gasteiger partial charge on any atom is 0.224 e. The largest absolute Gasteiger partial charge is 0.496 e. The van der Waals surface area contributed by atoms with Crippen molar-refractivity contribution in [2.45, 2.75) is 58.9 Å². The van der Waals surface area contributed by atoms with Crippen LogP contribution in [0.5, 0.6) is 5.75 Å². The van der Waals surface area contributed by atoms with Gasteiger partial charge in [-0.15, -0.1) is 0 Å². The van der Waals surface area contributed by atoms with Gasteiger partial charge in [-0.1, -0.05) is 12.1 Å². The monoisotopic (exact) mass is 388 g/mol. The van der Waals surface area contributed by atoms with E-state index in [1.165, 1.54) is 12.0 Å². The summed E-state index contributed by atoms with van der Waals surface area (Å²) in [5.74, 6) is 1.91. The average Bonchev–Trinajstić information content (AvgIpc) is 2.69. The van der Waals surface area contributed by atoms with Gasteiger partial charge in [-0.3, -0.25) is 9.79 Å². The van der Waals surface area contributed by atoms with E-state index >= 15 is 0 Å². The Labute approximate surface area is 169 Å². The molecule has 2 rings (SSSR count). The molecular weight excluding hydrogens is 352 g/mol. The number of hydrogen-bond donors (Lipinski definition) is 2. The predicted octanol–water partition coefficient (Wildman–Crippen LogP) is 2.89. The molecule has 0 bridgehead atoms. The number of amides is 1. The standard InChI is InChI=1S/C22H36N4O2/c1-5-23-22(24-13-11-19-10-9-17(2)20(16-19)28-4)25-14-12-21(27)26-15-7-6-8-18(26)3/h9-10,16,18H,5-8,11-15H2,1-4H3,(H2,23,24,25). The first kappa shape index (κ1) is 22.1. The molecule has 1 aromatic carbocycles. The topological polar surface area (TPSA) is 66.0 Å². The van der Waals surface area contributed by atoms with Crippen LogP contribution in [-0.4, -0.2) is 56.1 Å². The van der Waals surface area contributed by atoms with Gasteiger partial charge in [-0.25, -0.2) is 0 Å². The summed E-state index contributed by atoms with van der Waals surface area (Å²) in [4.78, 5) is 19.0. The lowest BCUT2D eigenvalue weighted by Crippen LogP contribution is -2.42. The molecule has 1 saturated heterocycles. The predicted molar refractivity (Wildman–Crippen MR) is 115 cm³/mol. The smallest absolute Gasteiger partial charge is 0.224 e. The number of aliphatic imine (C=N–C) groups is 1. The maximum absolute atomic E-state index is 12.4. The summed E-state index contributed by atoms with van der Waals surface area (Å²) in [6.45, 7) is 9.20. The van der Waals surface area contributed by atoms with E-state index in [1.54, 1.807) is 7.11 Å². The second-order valence-corrected chi connectivity index (χ2v) is 7.42. The number of likely N-dealkylation sites (tertiary alicyclic amines) is 1. The van der Waals surface area contributed by atoms with Crippen LogP contribution < -0.4 is 15.4 Å². The van der Waals surface area contributed by atoms with Gasteiger partial charge in [0.1, 0.15) is 5.75 Å². The number of methoxy groups -OCH3 is 1. The zero-order valence-corrected chi connectivity index (χ0v) is 17.9. The minimum absolute atomic E-state index is 0.221.